The molecule has 3 rings (SSSR count). The Kier molecular flexibility index (Phi) is 6.00. The van der Waals surface area contributed by atoms with Crippen molar-refractivity contribution in [2.75, 3.05) is 13.7 Å². The van der Waals surface area contributed by atoms with Gasteiger partial charge < -0.3 is 9.47 Å². The highest BCUT2D eigenvalue weighted by Crippen LogP contribution is 2.54. The Labute approximate surface area is 170 Å². The summed E-state index contributed by atoms with van der Waals surface area (Å²) in [5, 5.41) is 20.5. The summed E-state index contributed by atoms with van der Waals surface area (Å²) in [6, 6.07) is 21.2. The molecular weight excluding hydrogens is 364 g/mol. The van der Waals surface area contributed by atoms with E-state index in [0.29, 0.717) is 23.3 Å². The van der Waals surface area contributed by atoms with Crippen LogP contribution in [0.3, 0.4) is 0 Å². The number of benzene rings is 2. The minimum Gasteiger partial charge on any atom is -0.497 e. The first-order chi connectivity index (χ1) is 14.1. The van der Waals surface area contributed by atoms with E-state index < -0.39 is 17.3 Å². The summed E-state index contributed by atoms with van der Waals surface area (Å²) in [5.74, 6) is -0.939. The Hall–Kier alpha value is -3.57. The summed E-state index contributed by atoms with van der Waals surface area (Å²) in [4.78, 5) is 12.7. The maximum atomic E-state index is 12.7. The first-order valence-corrected chi connectivity index (χ1v) is 9.49. The molecule has 0 saturated carbocycles. The first-order valence-electron chi connectivity index (χ1n) is 9.49. The zero-order valence-corrected chi connectivity index (χ0v) is 16.5. The number of hydrogen-bond acceptors (Lipinski definition) is 5. The maximum absolute atomic E-state index is 12.7. The zero-order valence-electron chi connectivity index (χ0n) is 16.5. The molecule has 0 aromatic heterocycles. The molecule has 5 nitrogen and oxygen atoms in total. The minimum atomic E-state index is -1.45. The molecule has 0 heterocycles. The fourth-order valence-corrected chi connectivity index (χ4v) is 4.04. The molecule has 0 spiro atoms. The largest absolute Gasteiger partial charge is 0.497 e. The van der Waals surface area contributed by atoms with E-state index in [1.807, 2.05) is 36.4 Å². The summed E-state index contributed by atoms with van der Waals surface area (Å²) in [7, 11) is 1.57. The van der Waals surface area contributed by atoms with Crippen LogP contribution in [0.5, 0.6) is 5.75 Å². The number of nitriles is 2. The molecule has 146 valence electrons. The van der Waals surface area contributed by atoms with Crippen LogP contribution in [0.25, 0.3) is 0 Å². The van der Waals surface area contributed by atoms with Crippen LogP contribution in [0, 0.1) is 28.1 Å². The van der Waals surface area contributed by atoms with E-state index in [2.05, 4.69) is 12.1 Å². The van der Waals surface area contributed by atoms with Gasteiger partial charge in [0.2, 0.25) is 0 Å². The van der Waals surface area contributed by atoms with E-state index in [1.54, 1.807) is 38.3 Å². The molecule has 0 bridgehead atoms. The second-order valence-corrected chi connectivity index (χ2v) is 6.88. The fourth-order valence-electron chi connectivity index (χ4n) is 4.04. The topological polar surface area (TPSA) is 83.1 Å². The third-order valence-electron chi connectivity index (χ3n) is 5.42. The normalized spacial score (nSPS) is 19.9. The quantitative estimate of drug-likeness (QED) is 0.707. The molecule has 0 aliphatic heterocycles. The minimum absolute atomic E-state index is 0.222. The van der Waals surface area contributed by atoms with Gasteiger partial charge in [-0.25, -0.2) is 4.79 Å². The van der Waals surface area contributed by atoms with E-state index in [-0.39, 0.29) is 12.5 Å². The van der Waals surface area contributed by atoms with Crippen LogP contribution in [0.15, 0.2) is 66.2 Å². The summed E-state index contributed by atoms with van der Waals surface area (Å²) >= 11 is 0. The van der Waals surface area contributed by atoms with E-state index in [9.17, 15) is 15.3 Å². The molecule has 1 aliphatic rings. The van der Waals surface area contributed by atoms with Crippen molar-refractivity contribution in [3.8, 4) is 17.9 Å². The molecule has 29 heavy (non-hydrogen) atoms. The number of rotatable bonds is 5. The molecule has 0 fully saturated rings. The van der Waals surface area contributed by atoms with Crippen molar-refractivity contribution in [2.45, 2.75) is 25.2 Å². The molecule has 0 N–H and O–H groups in total. The molecule has 0 amide bonds. The summed E-state index contributed by atoms with van der Waals surface area (Å²) in [5.41, 5.74) is 0.502. The highest BCUT2D eigenvalue weighted by Gasteiger charge is 2.53. The van der Waals surface area contributed by atoms with Crippen molar-refractivity contribution in [3.63, 3.8) is 0 Å². The fraction of sp³-hybridized carbons (Fsp3) is 0.292. The van der Waals surface area contributed by atoms with Crippen LogP contribution in [-0.2, 0) is 9.53 Å². The highest BCUT2D eigenvalue weighted by atomic mass is 16.5. The Bertz CT molecular complexity index is 968. The lowest BCUT2D eigenvalue weighted by atomic mass is 9.57. The number of carbonyl (C=O) groups is 1. The lowest BCUT2D eigenvalue weighted by Crippen LogP contribution is -2.39. The SMILES string of the molecule is CCOC(=O)C1=CCC(c2ccccc2)C(C#N)(C#N)C1c1ccc(OC)cc1. The molecule has 0 radical (unpaired) electrons. The predicted octanol–water partition coefficient (Wildman–Crippen LogP) is 4.49. The van der Waals surface area contributed by atoms with Gasteiger partial charge in [0.05, 0.1) is 25.9 Å². The van der Waals surface area contributed by atoms with Gasteiger partial charge in [0.1, 0.15) is 5.75 Å². The first kappa shape index (κ1) is 20.2. The smallest absolute Gasteiger partial charge is 0.334 e. The van der Waals surface area contributed by atoms with Gasteiger partial charge in [-0.1, -0.05) is 48.5 Å². The molecule has 1 aliphatic carbocycles. The molecule has 2 atom stereocenters. The molecule has 2 aromatic carbocycles. The van der Waals surface area contributed by atoms with Gasteiger partial charge in [-0.2, -0.15) is 10.5 Å². The second kappa shape index (κ2) is 8.63. The summed E-state index contributed by atoms with van der Waals surface area (Å²) in [6.45, 7) is 1.96. The second-order valence-electron chi connectivity index (χ2n) is 6.88. The number of nitrogens with zero attached hydrogens (tertiary/aromatic N) is 2. The van der Waals surface area contributed by atoms with Crippen LogP contribution in [0.4, 0.5) is 0 Å². The van der Waals surface area contributed by atoms with Crippen molar-refractivity contribution in [3.05, 3.63) is 77.4 Å². The third kappa shape index (κ3) is 3.60. The van der Waals surface area contributed by atoms with Gasteiger partial charge in [0.25, 0.3) is 0 Å². The average molecular weight is 386 g/mol. The van der Waals surface area contributed by atoms with E-state index in [0.717, 1.165) is 5.56 Å². The number of methoxy groups -OCH3 is 1. The lowest BCUT2D eigenvalue weighted by molar-refractivity contribution is -0.139. The predicted molar refractivity (Wildman–Crippen MR) is 108 cm³/mol. The van der Waals surface area contributed by atoms with Gasteiger partial charge in [-0.15, -0.1) is 0 Å². The van der Waals surface area contributed by atoms with Crippen molar-refractivity contribution in [1.29, 1.82) is 10.5 Å². The van der Waals surface area contributed by atoms with Crippen LogP contribution >= 0.6 is 0 Å². The van der Waals surface area contributed by atoms with Crippen LogP contribution in [0.2, 0.25) is 0 Å². The number of esters is 1. The van der Waals surface area contributed by atoms with Gasteiger partial charge in [-0.3, -0.25) is 0 Å². The molecule has 2 aromatic rings. The van der Waals surface area contributed by atoms with Gasteiger partial charge in [0.15, 0.2) is 5.41 Å². The summed E-state index contributed by atoms with van der Waals surface area (Å²) in [6.07, 6.45) is 2.23. The number of allylic oxidation sites excluding steroid dienone is 1. The Morgan fingerprint density at radius 1 is 1.07 bits per heavy atom. The third-order valence-corrected chi connectivity index (χ3v) is 5.42. The van der Waals surface area contributed by atoms with Crippen molar-refractivity contribution in [1.82, 2.24) is 0 Å². The Morgan fingerprint density at radius 3 is 2.28 bits per heavy atom. The molecule has 5 heteroatoms. The Balaban J connectivity index is 2.21. The molecule has 0 saturated heterocycles. The van der Waals surface area contributed by atoms with Crippen LogP contribution in [0.1, 0.15) is 36.3 Å². The van der Waals surface area contributed by atoms with Gasteiger partial charge in [0, 0.05) is 17.4 Å². The average Bonchev–Trinajstić information content (AvgIpc) is 2.78. The van der Waals surface area contributed by atoms with Gasteiger partial charge >= 0.3 is 5.97 Å². The monoisotopic (exact) mass is 386 g/mol. The lowest BCUT2D eigenvalue weighted by Gasteiger charge is -2.40. The Morgan fingerprint density at radius 2 is 1.72 bits per heavy atom. The standard InChI is InChI=1S/C24H22N2O3/c1-3-29-23(27)20-13-14-21(17-7-5-4-6-8-17)24(15-25,16-26)22(20)18-9-11-19(28-2)12-10-18/h4-13,21-22H,3,14H2,1-2H3. The molecule has 2 unspecified atom stereocenters. The maximum Gasteiger partial charge on any atom is 0.334 e. The van der Waals surface area contributed by atoms with Crippen LogP contribution in [-0.4, -0.2) is 19.7 Å². The van der Waals surface area contributed by atoms with Crippen LogP contribution < -0.4 is 4.74 Å². The van der Waals surface area contributed by atoms with E-state index >= 15 is 0 Å². The van der Waals surface area contributed by atoms with Crippen molar-refractivity contribution >= 4 is 5.97 Å². The van der Waals surface area contributed by atoms with E-state index in [4.69, 9.17) is 9.47 Å². The summed E-state index contributed by atoms with van der Waals surface area (Å²) < 4.78 is 10.5. The number of ether oxygens (including phenoxy) is 2. The molecular formula is C24H22N2O3. The number of hydrogen-bond donors (Lipinski definition) is 0. The van der Waals surface area contributed by atoms with Crippen molar-refractivity contribution < 1.29 is 14.3 Å². The highest BCUT2D eigenvalue weighted by molar-refractivity contribution is 5.91. The van der Waals surface area contributed by atoms with Gasteiger partial charge in [-0.05, 0) is 36.6 Å². The van der Waals surface area contributed by atoms with E-state index in [1.165, 1.54) is 0 Å². The number of carbonyl (C=O) groups excluding carboxylic acids is 1. The van der Waals surface area contributed by atoms with Crippen molar-refractivity contribution in [2.24, 2.45) is 5.41 Å². The zero-order chi connectivity index (χ0) is 20.9.